The summed E-state index contributed by atoms with van der Waals surface area (Å²) in [4.78, 5) is 12.3. The average Bonchev–Trinajstić information content (AvgIpc) is 2.33. The Balaban J connectivity index is 2.11. The van der Waals surface area contributed by atoms with E-state index in [1.807, 2.05) is 22.6 Å². The van der Waals surface area contributed by atoms with Crippen LogP contribution >= 0.6 is 22.6 Å². The lowest BCUT2D eigenvalue weighted by Crippen LogP contribution is -2.56. The van der Waals surface area contributed by atoms with Gasteiger partial charge in [0.1, 0.15) is 5.82 Å². The number of carbonyl (C=O) groups is 1. The molecule has 19 heavy (non-hydrogen) atoms. The smallest absolute Gasteiger partial charge is 0.252 e. The Bertz CT molecular complexity index is 471. The SMILES string of the molecule is CC1CCNC(C)C1NC(=O)c1ccc(F)cc1I. The first-order valence-electron chi connectivity index (χ1n) is 6.48. The van der Waals surface area contributed by atoms with Crippen LogP contribution in [0, 0.1) is 15.3 Å². The van der Waals surface area contributed by atoms with Crippen LogP contribution in [0.2, 0.25) is 0 Å². The van der Waals surface area contributed by atoms with Crippen molar-refractivity contribution in [2.75, 3.05) is 6.54 Å². The minimum absolute atomic E-state index is 0.113. The molecule has 0 bridgehead atoms. The van der Waals surface area contributed by atoms with Gasteiger partial charge in [-0.3, -0.25) is 4.79 Å². The van der Waals surface area contributed by atoms with Gasteiger partial charge in [0.2, 0.25) is 0 Å². The summed E-state index contributed by atoms with van der Waals surface area (Å²) in [5.74, 6) is -0.00266. The molecule has 1 fully saturated rings. The third kappa shape index (κ3) is 3.45. The Labute approximate surface area is 126 Å². The predicted octanol–water partition coefficient (Wildman–Crippen LogP) is 2.55. The quantitative estimate of drug-likeness (QED) is 0.780. The van der Waals surface area contributed by atoms with Gasteiger partial charge in [-0.05, 0) is 66.6 Å². The minimum Gasteiger partial charge on any atom is -0.347 e. The maximum Gasteiger partial charge on any atom is 0.252 e. The Morgan fingerprint density at radius 3 is 2.84 bits per heavy atom. The third-order valence-electron chi connectivity index (χ3n) is 3.69. The summed E-state index contributed by atoms with van der Waals surface area (Å²) in [6, 6.07) is 4.61. The van der Waals surface area contributed by atoms with Crippen LogP contribution in [-0.2, 0) is 0 Å². The Hall–Kier alpha value is -0.690. The lowest BCUT2D eigenvalue weighted by Gasteiger charge is -2.36. The van der Waals surface area contributed by atoms with Crippen molar-refractivity contribution >= 4 is 28.5 Å². The van der Waals surface area contributed by atoms with Crippen LogP contribution < -0.4 is 10.6 Å². The molecule has 1 saturated heterocycles. The van der Waals surface area contributed by atoms with Gasteiger partial charge in [0.25, 0.3) is 5.91 Å². The van der Waals surface area contributed by atoms with Crippen LogP contribution in [0.1, 0.15) is 30.6 Å². The summed E-state index contributed by atoms with van der Waals surface area (Å²) in [5.41, 5.74) is 0.534. The number of amides is 1. The second-order valence-electron chi connectivity index (χ2n) is 5.13. The molecule has 0 radical (unpaired) electrons. The highest BCUT2D eigenvalue weighted by Crippen LogP contribution is 2.18. The van der Waals surface area contributed by atoms with E-state index < -0.39 is 0 Å². The van der Waals surface area contributed by atoms with E-state index in [-0.39, 0.29) is 23.8 Å². The zero-order chi connectivity index (χ0) is 14.0. The zero-order valence-corrected chi connectivity index (χ0v) is 13.2. The van der Waals surface area contributed by atoms with Crippen molar-refractivity contribution in [3.8, 4) is 0 Å². The van der Waals surface area contributed by atoms with Crippen LogP contribution in [0.15, 0.2) is 18.2 Å². The standard InChI is InChI=1S/C14H18FIN2O/c1-8-5-6-17-9(2)13(8)18-14(19)11-4-3-10(15)7-12(11)16/h3-4,7-9,13,17H,5-6H2,1-2H3,(H,18,19). The molecule has 2 rings (SSSR count). The minimum atomic E-state index is -0.318. The van der Waals surface area contributed by atoms with Crippen LogP contribution in [0.3, 0.4) is 0 Å². The predicted molar refractivity (Wildman–Crippen MR) is 81.6 cm³/mol. The third-order valence-corrected chi connectivity index (χ3v) is 4.58. The van der Waals surface area contributed by atoms with Gasteiger partial charge >= 0.3 is 0 Å². The second kappa shape index (κ2) is 6.17. The van der Waals surface area contributed by atoms with Crippen LogP contribution in [0.5, 0.6) is 0 Å². The number of piperidine rings is 1. The first-order valence-corrected chi connectivity index (χ1v) is 7.56. The molecule has 1 aliphatic heterocycles. The van der Waals surface area contributed by atoms with Gasteiger partial charge in [-0.15, -0.1) is 0 Å². The Morgan fingerprint density at radius 2 is 2.21 bits per heavy atom. The fourth-order valence-corrected chi connectivity index (χ4v) is 3.23. The highest BCUT2D eigenvalue weighted by Gasteiger charge is 2.29. The summed E-state index contributed by atoms with van der Waals surface area (Å²) in [7, 11) is 0. The van der Waals surface area contributed by atoms with Crippen molar-refractivity contribution in [1.82, 2.24) is 10.6 Å². The molecule has 0 aromatic heterocycles. The largest absolute Gasteiger partial charge is 0.347 e. The summed E-state index contributed by atoms with van der Waals surface area (Å²) in [6.07, 6.45) is 1.05. The van der Waals surface area contributed by atoms with E-state index in [9.17, 15) is 9.18 Å². The fraction of sp³-hybridized carbons (Fsp3) is 0.500. The van der Waals surface area contributed by atoms with Crippen molar-refractivity contribution in [1.29, 1.82) is 0 Å². The van der Waals surface area contributed by atoms with Gasteiger partial charge < -0.3 is 10.6 Å². The molecule has 0 spiro atoms. The molecule has 3 atom stereocenters. The molecular formula is C14H18FIN2O. The molecule has 2 N–H and O–H groups in total. The van der Waals surface area contributed by atoms with Gasteiger partial charge in [0.05, 0.1) is 5.56 Å². The summed E-state index contributed by atoms with van der Waals surface area (Å²) < 4.78 is 13.7. The number of halogens is 2. The molecule has 1 heterocycles. The van der Waals surface area contributed by atoms with Crippen molar-refractivity contribution in [2.45, 2.75) is 32.4 Å². The topological polar surface area (TPSA) is 41.1 Å². The van der Waals surface area contributed by atoms with Crippen molar-refractivity contribution < 1.29 is 9.18 Å². The highest BCUT2D eigenvalue weighted by atomic mass is 127. The molecule has 3 unspecified atom stereocenters. The van der Waals surface area contributed by atoms with E-state index in [4.69, 9.17) is 0 Å². The van der Waals surface area contributed by atoms with E-state index in [1.54, 1.807) is 0 Å². The lowest BCUT2D eigenvalue weighted by molar-refractivity contribution is 0.0896. The van der Waals surface area contributed by atoms with Gasteiger partial charge in [0.15, 0.2) is 0 Å². The van der Waals surface area contributed by atoms with Crippen molar-refractivity contribution in [3.05, 3.63) is 33.1 Å². The Morgan fingerprint density at radius 1 is 1.47 bits per heavy atom. The number of nitrogens with one attached hydrogen (secondary N) is 2. The zero-order valence-electron chi connectivity index (χ0n) is 11.0. The summed E-state index contributed by atoms with van der Waals surface area (Å²) in [5, 5.41) is 6.43. The van der Waals surface area contributed by atoms with Gasteiger partial charge in [-0.2, -0.15) is 0 Å². The number of hydrogen-bond acceptors (Lipinski definition) is 2. The first kappa shape index (κ1) is 14.7. The molecule has 0 saturated carbocycles. The molecule has 1 aromatic carbocycles. The maximum atomic E-state index is 13.0. The molecule has 1 aliphatic rings. The number of carbonyl (C=O) groups excluding carboxylic acids is 1. The molecule has 1 amide bonds. The van der Waals surface area contributed by atoms with E-state index in [0.29, 0.717) is 15.1 Å². The van der Waals surface area contributed by atoms with Crippen LogP contribution in [0.25, 0.3) is 0 Å². The second-order valence-corrected chi connectivity index (χ2v) is 6.29. The normalized spacial score (nSPS) is 27.1. The average molecular weight is 376 g/mol. The van der Waals surface area contributed by atoms with E-state index >= 15 is 0 Å². The van der Waals surface area contributed by atoms with E-state index in [2.05, 4.69) is 24.5 Å². The monoisotopic (exact) mass is 376 g/mol. The van der Waals surface area contributed by atoms with Gasteiger partial charge in [-0.1, -0.05) is 6.92 Å². The molecular weight excluding hydrogens is 358 g/mol. The van der Waals surface area contributed by atoms with Gasteiger partial charge in [-0.25, -0.2) is 4.39 Å². The number of benzene rings is 1. The Kier molecular flexibility index (Phi) is 4.78. The van der Waals surface area contributed by atoms with Gasteiger partial charge in [0, 0.05) is 15.7 Å². The van der Waals surface area contributed by atoms with E-state index in [1.165, 1.54) is 18.2 Å². The fourth-order valence-electron chi connectivity index (χ4n) is 2.51. The summed E-state index contributed by atoms with van der Waals surface area (Å²) in [6.45, 7) is 5.22. The van der Waals surface area contributed by atoms with Crippen molar-refractivity contribution in [2.24, 2.45) is 5.92 Å². The maximum absolute atomic E-state index is 13.0. The number of rotatable bonds is 2. The molecule has 0 aliphatic carbocycles. The summed E-state index contributed by atoms with van der Waals surface area (Å²) >= 11 is 1.99. The first-order chi connectivity index (χ1) is 8.99. The molecule has 1 aromatic rings. The molecule has 5 heteroatoms. The van der Waals surface area contributed by atoms with Crippen LogP contribution in [0.4, 0.5) is 4.39 Å². The van der Waals surface area contributed by atoms with Crippen LogP contribution in [-0.4, -0.2) is 24.5 Å². The van der Waals surface area contributed by atoms with Crippen molar-refractivity contribution in [3.63, 3.8) is 0 Å². The number of hydrogen-bond donors (Lipinski definition) is 2. The highest BCUT2D eigenvalue weighted by molar-refractivity contribution is 14.1. The molecule has 104 valence electrons. The lowest BCUT2D eigenvalue weighted by atomic mass is 9.89. The molecule has 3 nitrogen and oxygen atoms in total. The van der Waals surface area contributed by atoms with E-state index in [0.717, 1.165) is 13.0 Å².